The number of benzene rings is 3. The lowest BCUT2D eigenvalue weighted by Crippen LogP contribution is -2.38. The number of carbonyl (C=O) groups is 1. The number of nitrogens with zero attached hydrogens (tertiary/aromatic N) is 2. The zero-order valence-electron chi connectivity index (χ0n) is 19.2. The predicted octanol–water partition coefficient (Wildman–Crippen LogP) is 3.17. The van der Waals surface area contributed by atoms with Gasteiger partial charge in [-0.15, -0.1) is 0 Å². The van der Waals surface area contributed by atoms with Crippen LogP contribution in [0, 0.1) is 10.1 Å². The van der Waals surface area contributed by atoms with Crippen LogP contribution in [0.15, 0.2) is 65.6 Å². The summed E-state index contributed by atoms with van der Waals surface area (Å²) in [5.74, 6) is 0.676. The van der Waals surface area contributed by atoms with Crippen LogP contribution >= 0.6 is 0 Å². The van der Waals surface area contributed by atoms with Gasteiger partial charge in [0.05, 0.1) is 24.8 Å². The molecule has 0 unspecified atom stereocenters. The van der Waals surface area contributed by atoms with Gasteiger partial charge in [-0.05, 0) is 30.3 Å². The van der Waals surface area contributed by atoms with E-state index in [9.17, 15) is 23.3 Å². The molecule has 0 fully saturated rings. The van der Waals surface area contributed by atoms with Crippen molar-refractivity contribution in [2.45, 2.75) is 4.90 Å². The quantitative estimate of drug-likeness (QED) is 0.335. The average Bonchev–Trinajstić information content (AvgIpc) is 3.34. The van der Waals surface area contributed by atoms with Crippen LogP contribution in [0.4, 0.5) is 17.1 Å². The SMILES string of the molecule is COc1ccc(N(CC(=O)Nc2ccc3c(c2)OCO3)S(=O)(=O)c2ccccc2[N+](=O)[O-])c(OC)c1. The fourth-order valence-corrected chi connectivity index (χ4v) is 5.13. The molecule has 0 atom stereocenters. The Morgan fingerprint density at radius 3 is 2.53 bits per heavy atom. The summed E-state index contributed by atoms with van der Waals surface area (Å²) in [6, 6.07) is 13.9. The van der Waals surface area contributed by atoms with E-state index in [1.807, 2.05) is 0 Å². The second-order valence-corrected chi connectivity index (χ2v) is 9.22. The standard InChI is InChI=1S/C23H21N3O9S/c1-32-16-8-9-17(20(12-16)33-2)25(36(30,31)22-6-4-3-5-18(22)26(28)29)13-23(27)24-15-7-10-19-21(11-15)35-14-34-19/h3-12H,13-14H2,1-2H3,(H,24,27). The van der Waals surface area contributed by atoms with E-state index in [0.717, 1.165) is 16.4 Å². The van der Waals surface area contributed by atoms with Crippen LogP contribution < -0.4 is 28.6 Å². The number of hydrogen-bond acceptors (Lipinski definition) is 9. The van der Waals surface area contributed by atoms with E-state index >= 15 is 0 Å². The maximum atomic E-state index is 13.7. The molecule has 12 nitrogen and oxygen atoms in total. The van der Waals surface area contributed by atoms with Crippen molar-refractivity contribution in [3.05, 3.63) is 70.8 Å². The number of para-hydroxylation sites is 1. The maximum Gasteiger partial charge on any atom is 0.289 e. The fraction of sp³-hybridized carbons (Fsp3) is 0.174. The van der Waals surface area contributed by atoms with Crippen molar-refractivity contribution in [2.75, 3.05) is 37.2 Å². The molecule has 0 spiro atoms. The normalized spacial score (nSPS) is 12.1. The highest BCUT2D eigenvalue weighted by Gasteiger charge is 2.34. The van der Waals surface area contributed by atoms with Crippen molar-refractivity contribution in [3.63, 3.8) is 0 Å². The molecule has 0 bridgehead atoms. The number of anilines is 2. The van der Waals surface area contributed by atoms with E-state index in [2.05, 4.69) is 5.32 Å². The van der Waals surface area contributed by atoms with Crippen molar-refractivity contribution in [2.24, 2.45) is 0 Å². The lowest BCUT2D eigenvalue weighted by molar-refractivity contribution is -0.387. The van der Waals surface area contributed by atoms with Crippen LogP contribution in [-0.4, -0.2) is 46.8 Å². The maximum absolute atomic E-state index is 13.7. The van der Waals surface area contributed by atoms with Crippen molar-refractivity contribution < 1.29 is 37.1 Å². The number of ether oxygens (including phenoxy) is 4. The van der Waals surface area contributed by atoms with E-state index in [-0.39, 0.29) is 18.2 Å². The highest BCUT2D eigenvalue weighted by molar-refractivity contribution is 7.93. The van der Waals surface area contributed by atoms with Gasteiger partial charge >= 0.3 is 0 Å². The van der Waals surface area contributed by atoms with Gasteiger partial charge in [-0.3, -0.25) is 19.2 Å². The van der Waals surface area contributed by atoms with Crippen LogP contribution in [-0.2, 0) is 14.8 Å². The number of sulfonamides is 1. The molecule has 188 valence electrons. The number of hydrogen-bond donors (Lipinski definition) is 1. The molecule has 0 aromatic heterocycles. The summed E-state index contributed by atoms with van der Waals surface area (Å²) >= 11 is 0. The summed E-state index contributed by atoms with van der Waals surface area (Å²) < 4.78 is 49.3. The van der Waals surface area contributed by atoms with Gasteiger partial charge in [0, 0.05) is 23.9 Å². The molecule has 0 saturated carbocycles. The van der Waals surface area contributed by atoms with Crippen molar-refractivity contribution in [3.8, 4) is 23.0 Å². The third-order valence-electron chi connectivity index (χ3n) is 5.23. The molecule has 1 heterocycles. The molecule has 1 aliphatic rings. The molecule has 4 rings (SSSR count). The average molecular weight is 516 g/mol. The molecule has 0 saturated heterocycles. The monoisotopic (exact) mass is 515 g/mol. The van der Waals surface area contributed by atoms with Crippen molar-refractivity contribution in [1.82, 2.24) is 0 Å². The summed E-state index contributed by atoms with van der Waals surface area (Å²) in [7, 11) is -1.87. The van der Waals surface area contributed by atoms with Gasteiger partial charge in [-0.1, -0.05) is 12.1 Å². The minimum absolute atomic E-state index is 0.0164. The number of amides is 1. The second-order valence-electron chi connectivity index (χ2n) is 7.39. The van der Waals surface area contributed by atoms with Gasteiger partial charge < -0.3 is 24.3 Å². The highest BCUT2D eigenvalue weighted by atomic mass is 32.2. The molecule has 36 heavy (non-hydrogen) atoms. The van der Waals surface area contributed by atoms with Gasteiger partial charge in [0.2, 0.25) is 12.7 Å². The fourth-order valence-electron chi connectivity index (χ4n) is 3.54. The number of nitro groups is 1. The Balaban J connectivity index is 1.75. The predicted molar refractivity (Wildman–Crippen MR) is 128 cm³/mol. The Morgan fingerprint density at radius 2 is 1.81 bits per heavy atom. The first-order chi connectivity index (χ1) is 17.2. The largest absolute Gasteiger partial charge is 0.497 e. The second kappa shape index (κ2) is 10.00. The number of rotatable bonds is 9. The molecule has 3 aromatic rings. The number of nitrogens with one attached hydrogen (secondary N) is 1. The van der Waals surface area contributed by atoms with Crippen LogP contribution in [0.2, 0.25) is 0 Å². The first-order valence-corrected chi connectivity index (χ1v) is 11.9. The van der Waals surface area contributed by atoms with Gasteiger partial charge in [-0.2, -0.15) is 0 Å². The molecule has 1 amide bonds. The third-order valence-corrected chi connectivity index (χ3v) is 7.04. The van der Waals surface area contributed by atoms with Crippen LogP contribution in [0.5, 0.6) is 23.0 Å². The minimum atomic E-state index is -4.61. The van der Waals surface area contributed by atoms with E-state index in [1.165, 1.54) is 50.6 Å². The number of carbonyl (C=O) groups excluding carboxylic acids is 1. The van der Waals surface area contributed by atoms with Gasteiger partial charge in [0.1, 0.15) is 18.0 Å². The molecule has 0 radical (unpaired) electrons. The van der Waals surface area contributed by atoms with Gasteiger partial charge in [-0.25, -0.2) is 8.42 Å². The van der Waals surface area contributed by atoms with E-state index < -0.39 is 38.0 Å². The molecular weight excluding hydrogens is 494 g/mol. The van der Waals surface area contributed by atoms with Crippen molar-refractivity contribution >= 4 is 33.0 Å². The first kappa shape index (κ1) is 24.6. The van der Waals surface area contributed by atoms with Gasteiger partial charge in [0.25, 0.3) is 15.7 Å². The molecule has 0 aliphatic carbocycles. The lowest BCUT2D eigenvalue weighted by atomic mass is 10.2. The summed E-state index contributed by atoms with van der Waals surface area (Å²) in [4.78, 5) is 23.2. The van der Waals surface area contributed by atoms with Crippen LogP contribution in [0.3, 0.4) is 0 Å². The summed E-state index contributed by atoms with van der Waals surface area (Å²) in [6.07, 6.45) is 0. The first-order valence-electron chi connectivity index (χ1n) is 10.4. The van der Waals surface area contributed by atoms with Crippen LogP contribution in [0.25, 0.3) is 0 Å². The van der Waals surface area contributed by atoms with Crippen LogP contribution in [0.1, 0.15) is 0 Å². The molecule has 1 N–H and O–H groups in total. The Kier molecular flexibility index (Phi) is 6.83. The molecular formula is C23H21N3O9S. The summed E-state index contributed by atoms with van der Waals surface area (Å²) in [5, 5.41) is 14.2. The Morgan fingerprint density at radius 1 is 1.06 bits per heavy atom. The summed E-state index contributed by atoms with van der Waals surface area (Å²) in [5.41, 5.74) is -0.308. The van der Waals surface area contributed by atoms with Gasteiger partial charge in [0.15, 0.2) is 16.4 Å². The molecule has 1 aliphatic heterocycles. The minimum Gasteiger partial charge on any atom is -0.497 e. The zero-order chi connectivity index (χ0) is 25.9. The highest BCUT2D eigenvalue weighted by Crippen LogP contribution is 2.38. The van der Waals surface area contributed by atoms with E-state index in [4.69, 9.17) is 18.9 Å². The lowest BCUT2D eigenvalue weighted by Gasteiger charge is -2.25. The number of fused-ring (bicyclic) bond motifs is 1. The Bertz CT molecular complexity index is 1430. The molecule has 3 aromatic carbocycles. The van der Waals surface area contributed by atoms with E-state index in [1.54, 1.807) is 12.1 Å². The topological polar surface area (TPSA) is 147 Å². The summed E-state index contributed by atoms with van der Waals surface area (Å²) in [6.45, 7) is -0.669. The molecule has 13 heteroatoms. The Labute approximate surface area is 206 Å². The smallest absolute Gasteiger partial charge is 0.289 e. The third kappa shape index (κ3) is 4.81. The van der Waals surface area contributed by atoms with Crippen molar-refractivity contribution in [1.29, 1.82) is 0 Å². The number of nitro benzene ring substituents is 1. The number of methoxy groups -OCH3 is 2. The van der Waals surface area contributed by atoms with E-state index in [0.29, 0.717) is 22.9 Å². The zero-order valence-corrected chi connectivity index (χ0v) is 20.0. The Hall–Kier alpha value is -4.52.